The zero-order valence-electron chi connectivity index (χ0n) is 10.2. The van der Waals surface area contributed by atoms with Crippen LogP contribution in [-0.4, -0.2) is 11.0 Å². The third kappa shape index (κ3) is 1.99. The molecule has 2 aromatic rings. The number of nitrogens with zero attached hydrogens (tertiary/aromatic N) is 1. The van der Waals surface area contributed by atoms with Crippen molar-refractivity contribution in [2.75, 3.05) is 5.32 Å². The summed E-state index contributed by atoms with van der Waals surface area (Å²) in [5.41, 5.74) is 0. The second-order valence-corrected chi connectivity index (χ2v) is 5.00. The van der Waals surface area contributed by atoms with Crippen molar-refractivity contribution >= 4 is 16.6 Å². The van der Waals surface area contributed by atoms with Gasteiger partial charge >= 0.3 is 0 Å². The van der Waals surface area contributed by atoms with E-state index in [2.05, 4.69) is 47.6 Å². The first kappa shape index (κ1) is 10.6. The summed E-state index contributed by atoms with van der Waals surface area (Å²) in [5, 5.41) is 6.05. The average Bonchev–Trinajstić information content (AvgIpc) is 2.27. The molecule has 1 unspecified atom stereocenters. The Labute approximate surface area is 102 Å². The van der Waals surface area contributed by atoms with Gasteiger partial charge in [0, 0.05) is 17.6 Å². The molecular weight excluding hydrogens is 208 g/mol. The van der Waals surface area contributed by atoms with E-state index in [9.17, 15) is 0 Å². The van der Waals surface area contributed by atoms with Crippen LogP contribution in [0.15, 0.2) is 36.5 Å². The molecule has 1 heterocycles. The highest BCUT2D eigenvalue weighted by molar-refractivity contribution is 5.91. The smallest absolute Gasteiger partial charge is 0.134 e. The summed E-state index contributed by atoms with van der Waals surface area (Å²) in [6.45, 7) is 2.27. The molecule has 0 spiro atoms. The third-order valence-electron chi connectivity index (χ3n) is 3.89. The van der Waals surface area contributed by atoms with Crippen LogP contribution in [0, 0.1) is 5.92 Å². The fourth-order valence-electron chi connectivity index (χ4n) is 2.51. The maximum Gasteiger partial charge on any atom is 0.134 e. The quantitative estimate of drug-likeness (QED) is 0.860. The van der Waals surface area contributed by atoms with Crippen LogP contribution in [0.5, 0.6) is 0 Å². The predicted octanol–water partition coefficient (Wildman–Crippen LogP) is 3.84. The lowest BCUT2D eigenvalue weighted by molar-refractivity contribution is 0.285. The van der Waals surface area contributed by atoms with Gasteiger partial charge in [0.2, 0.25) is 0 Å². The highest BCUT2D eigenvalue weighted by atomic mass is 15.0. The first-order valence-corrected chi connectivity index (χ1v) is 6.45. The van der Waals surface area contributed by atoms with Crippen LogP contribution in [0.25, 0.3) is 10.8 Å². The van der Waals surface area contributed by atoms with Crippen molar-refractivity contribution in [3.05, 3.63) is 36.5 Å². The van der Waals surface area contributed by atoms with Crippen LogP contribution < -0.4 is 5.32 Å². The Morgan fingerprint density at radius 1 is 1.24 bits per heavy atom. The standard InChI is InChI=1S/C15H18N2/c1-11(12-6-4-7-12)17-15-14-8-3-2-5-13(14)9-10-16-15/h2-3,5,8-12H,4,6-7H2,1H3,(H,16,17). The minimum atomic E-state index is 0.530. The summed E-state index contributed by atoms with van der Waals surface area (Å²) in [6, 6.07) is 11.0. The summed E-state index contributed by atoms with van der Waals surface area (Å²) in [7, 11) is 0. The monoisotopic (exact) mass is 226 g/mol. The van der Waals surface area contributed by atoms with E-state index >= 15 is 0 Å². The number of nitrogens with one attached hydrogen (secondary N) is 1. The van der Waals surface area contributed by atoms with Crippen molar-refractivity contribution in [2.24, 2.45) is 5.92 Å². The van der Waals surface area contributed by atoms with Gasteiger partial charge in [-0.2, -0.15) is 0 Å². The molecule has 1 saturated carbocycles. The Balaban J connectivity index is 1.89. The Morgan fingerprint density at radius 2 is 2.06 bits per heavy atom. The fourth-order valence-corrected chi connectivity index (χ4v) is 2.51. The van der Waals surface area contributed by atoms with Crippen molar-refractivity contribution in [3.63, 3.8) is 0 Å². The molecule has 3 rings (SSSR count). The molecule has 2 nitrogen and oxygen atoms in total. The highest BCUT2D eigenvalue weighted by Gasteiger charge is 2.24. The maximum atomic E-state index is 4.48. The lowest BCUT2D eigenvalue weighted by Gasteiger charge is -2.32. The Bertz CT molecular complexity index is 512. The van der Waals surface area contributed by atoms with E-state index in [-0.39, 0.29) is 0 Å². The average molecular weight is 226 g/mol. The highest BCUT2D eigenvalue weighted by Crippen LogP contribution is 2.31. The molecule has 0 radical (unpaired) electrons. The number of anilines is 1. The number of fused-ring (bicyclic) bond motifs is 1. The van der Waals surface area contributed by atoms with Gasteiger partial charge in [0.25, 0.3) is 0 Å². The number of hydrogen-bond acceptors (Lipinski definition) is 2. The van der Waals surface area contributed by atoms with Gasteiger partial charge in [-0.3, -0.25) is 0 Å². The van der Waals surface area contributed by atoms with Crippen LogP contribution >= 0.6 is 0 Å². The van der Waals surface area contributed by atoms with Gasteiger partial charge in [-0.25, -0.2) is 4.98 Å². The molecule has 1 fully saturated rings. The predicted molar refractivity (Wildman–Crippen MR) is 72.2 cm³/mol. The van der Waals surface area contributed by atoms with Gasteiger partial charge < -0.3 is 5.32 Å². The zero-order valence-corrected chi connectivity index (χ0v) is 10.2. The molecule has 1 aliphatic carbocycles. The molecule has 0 amide bonds. The number of pyridine rings is 1. The topological polar surface area (TPSA) is 24.9 Å². The minimum absolute atomic E-state index is 0.530. The van der Waals surface area contributed by atoms with Gasteiger partial charge in [0.1, 0.15) is 5.82 Å². The number of rotatable bonds is 3. The van der Waals surface area contributed by atoms with Gasteiger partial charge in [-0.1, -0.05) is 30.7 Å². The molecule has 1 atom stereocenters. The van der Waals surface area contributed by atoms with Crippen molar-refractivity contribution in [2.45, 2.75) is 32.2 Å². The first-order chi connectivity index (χ1) is 8.34. The third-order valence-corrected chi connectivity index (χ3v) is 3.89. The maximum absolute atomic E-state index is 4.48. The summed E-state index contributed by atoms with van der Waals surface area (Å²) < 4.78 is 0. The number of benzene rings is 1. The van der Waals surface area contributed by atoms with Crippen LogP contribution in [0.2, 0.25) is 0 Å². The normalized spacial score (nSPS) is 17.7. The molecule has 0 saturated heterocycles. The molecule has 1 aromatic heterocycles. The molecule has 17 heavy (non-hydrogen) atoms. The van der Waals surface area contributed by atoms with E-state index < -0.39 is 0 Å². The lowest BCUT2D eigenvalue weighted by Crippen LogP contribution is -2.31. The van der Waals surface area contributed by atoms with Gasteiger partial charge in [0.05, 0.1) is 0 Å². The molecule has 0 aliphatic heterocycles. The second-order valence-electron chi connectivity index (χ2n) is 5.00. The Kier molecular flexibility index (Phi) is 2.71. The summed E-state index contributed by atoms with van der Waals surface area (Å²) in [6.07, 6.45) is 6.00. The minimum Gasteiger partial charge on any atom is -0.367 e. The van der Waals surface area contributed by atoms with E-state index in [0.717, 1.165) is 11.7 Å². The second kappa shape index (κ2) is 4.36. The molecule has 2 heteroatoms. The Morgan fingerprint density at radius 3 is 2.82 bits per heavy atom. The SMILES string of the molecule is CC(Nc1nccc2ccccc12)C1CCC1. The molecule has 1 aromatic carbocycles. The van der Waals surface area contributed by atoms with Crippen molar-refractivity contribution in [1.82, 2.24) is 4.98 Å². The van der Waals surface area contributed by atoms with Crippen LogP contribution in [0.1, 0.15) is 26.2 Å². The molecule has 1 N–H and O–H groups in total. The largest absolute Gasteiger partial charge is 0.367 e. The molecule has 88 valence electrons. The van der Waals surface area contributed by atoms with E-state index in [1.807, 2.05) is 6.20 Å². The molecular formula is C15H18N2. The fraction of sp³-hybridized carbons (Fsp3) is 0.400. The summed E-state index contributed by atoms with van der Waals surface area (Å²) >= 11 is 0. The van der Waals surface area contributed by atoms with Gasteiger partial charge in [-0.15, -0.1) is 0 Å². The van der Waals surface area contributed by atoms with Gasteiger partial charge in [-0.05, 0) is 37.1 Å². The zero-order chi connectivity index (χ0) is 11.7. The molecule has 1 aliphatic rings. The lowest BCUT2D eigenvalue weighted by atomic mass is 9.80. The summed E-state index contributed by atoms with van der Waals surface area (Å²) in [5.74, 6) is 1.86. The van der Waals surface area contributed by atoms with E-state index in [1.165, 1.54) is 30.0 Å². The van der Waals surface area contributed by atoms with Gasteiger partial charge in [0.15, 0.2) is 0 Å². The number of aromatic nitrogens is 1. The van der Waals surface area contributed by atoms with Crippen molar-refractivity contribution < 1.29 is 0 Å². The van der Waals surface area contributed by atoms with E-state index in [1.54, 1.807) is 0 Å². The first-order valence-electron chi connectivity index (χ1n) is 6.45. The van der Waals surface area contributed by atoms with E-state index in [0.29, 0.717) is 6.04 Å². The Hall–Kier alpha value is -1.57. The molecule has 0 bridgehead atoms. The van der Waals surface area contributed by atoms with Crippen molar-refractivity contribution in [3.8, 4) is 0 Å². The van der Waals surface area contributed by atoms with Crippen LogP contribution in [0.4, 0.5) is 5.82 Å². The van der Waals surface area contributed by atoms with Crippen LogP contribution in [0.3, 0.4) is 0 Å². The van der Waals surface area contributed by atoms with Crippen molar-refractivity contribution in [1.29, 1.82) is 0 Å². The van der Waals surface area contributed by atoms with E-state index in [4.69, 9.17) is 0 Å². The summed E-state index contributed by atoms with van der Waals surface area (Å²) in [4.78, 5) is 4.48. The van der Waals surface area contributed by atoms with Crippen LogP contribution in [-0.2, 0) is 0 Å². The number of hydrogen-bond donors (Lipinski definition) is 1.